The highest BCUT2D eigenvalue weighted by atomic mass is 16.2. The van der Waals surface area contributed by atoms with Crippen molar-refractivity contribution in [2.45, 2.75) is 52.5 Å². The maximum Gasteiger partial charge on any atom is 0.237 e. The summed E-state index contributed by atoms with van der Waals surface area (Å²) in [6, 6.07) is 0.0369. The first-order valence-electron chi connectivity index (χ1n) is 6.00. The minimum Gasteiger partial charge on any atom is -0.354 e. The van der Waals surface area contributed by atoms with E-state index in [1.165, 1.54) is 19.3 Å². The molecule has 1 amide bonds. The van der Waals surface area contributed by atoms with Gasteiger partial charge in [0.25, 0.3) is 0 Å². The van der Waals surface area contributed by atoms with Gasteiger partial charge in [-0.3, -0.25) is 4.79 Å². The molecule has 15 heavy (non-hydrogen) atoms. The Hall–Kier alpha value is -0.570. The predicted molar refractivity (Wildman–Crippen MR) is 62.7 cm³/mol. The zero-order chi connectivity index (χ0) is 11.3. The number of hydrogen-bond acceptors (Lipinski definition) is 2. The van der Waals surface area contributed by atoms with E-state index in [1.807, 2.05) is 0 Å². The molecule has 3 heteroatoms. The van der Waals surface area contributed by atoms with Gasteiger partial charge in [-0.05, 0) is 24.8 Å². The van der Waals surface area contributed by atoms with Crippen LogP contribution in [0.3, 0.4) is 0 Å². The van der Waals surface area contributed by atoms with Crippen molar-refractivity contribution in [3.8, 4) is 0 Å². The van der Waals surface area contributed by atoms with Gasteiger partial charge in [0.1, 0.15) is 0 Å². The van der Waals surface area contributed by atoms with Crippen molar-refractivity contribution in [3.63, 3.8) is 0 Å². The zero-order valence-corrected chi connectivity index (χ0v) is 10.2. The summed E-state index contributed by atoms with van der Waals surface area (Å²) >= 11 is 0. The van der Waals surface area contributed by atoms with Crippen LogP contribution in [0.4, 0.5) is 0 Å². The predicted octanol–water partition coefficient (Wildman–Crippen LogP) is 1.68. The Balaban J connectivity index is 2.32. The van der Waals surface area contributed by atoms with Crippen molar-refractivity contribution >= 4 is 5.91 Å². The number of rotatable bonds is 2. The fraction of sp³-hybridized carbons (Fsp3) is 0.917. The Labute approximate surface area is 93.0 Å². The van der Waals surface area contributed by atoms with E-state index in [4.69, 9.17) is 0 Å². The van der Waals surface area contributed by atoms with E-state index in [0.717, 1.165) is 19.5 Å². The summed E-state index contributed by atoms with van der Waals surface area (Å²) in [6.07, 6.45) is 4.59. The van der Waals surface area contributed by atoms with Crippen molar-refractivity contribution in [1.29, 1.82) is 0 Å². The van der Waals surface area contributed by atoms with Gasteiger partial charge in [-0.1, -0.05) is 33.6 Å². The van der Waals surface area contributed by atoms with Crippen molar-refractivity contribution in [2.75, 3.05) is 13.1 Å². The molecule has 88 valence electrons. The maximum absolute atomic E-state index is 11.8. The smallest absolute Gasteiger partial charge is 0.237 e. The summed E-state index contributed by atoms with van der Waals surface area (Å²) in [5, 5.41) is 6.32. The number of carbonyl (C=O) groups is 1. The Bertz CT molecular complexity index is 200. The van der Waals surface area contributed by atoms with Gasteiger partial charge in [0.05, 0.1) is 6.04 Å². The summed E-state index contributed by atoms with van der Waals surface area (Å²) in [5.74, 6) is 0.173. The summed E-state index contributed by atoms with van der Waals surface area (Å²) in [7, 11) is 0. The zero-order valence-electron chi connectivity index (χ0n) is 10.2. The number of hydrogen-bond donors (Lipinski definition) is 2. The summed E-state index contributed by atoms with van der Waals surface area (Å²) in [4.78, 5) is 11.8. The molecule has 1 unspecified atom stereocenters. The molecule has 1 aliphatic heterocycles. The fourth-order valence-corrected chi connectivity index (χ4v) is 1.73. The third-order valence-electron chi connectivity index (χ3n) is 2.67. The molecule has 0 radical (unpaired) electrons. The van der Waals surface area contributed by atoms with Crippen LogP contribution < -0.4 is 10.6 Å². The standard InChI is InChI=1S/C12H24N2O/c1-12(2,3)9-14-11(15)10-7-5-4-6-8-13-10/h10,13H,4-9H2,1-3H3,(H,14,15). The van der Waals surface area contributed by atoms with Gasteiger partial charge in [-0.2, -0.15) is 0 Å². The number of amides is 1. The van der Waals surface area contributed by atoms with Gasteiger partial charge in [0, 0.05) is 6.54 Å². The Morgan fingerprint density at radius 2 is 2.07 bits per heavy atom. The molecule has 1 atom stereocenters. The molecule has 3 nitrogen and oxygen atoms in total. The molecule has 0 spiro atoms. The average Bonchev–Trinajstić information content (AvgIpc) is 2.41. The SMILES string of the molecule is CC(C)(C)CNC(=O)C1CCCCCN1. The molecule has 0 saturated carbocycles. The fourth-order valence-electron chi connectivity index (χ4n) is 1.73. The molecule has 1 saturated heterocycles. The highest BCUT2D eigenvalue weighted by Crippen LogP contribution is 2.12. The Morgan fingerprint density at radius 1 is 1.33 bits per heavy atom. The van der Waals surface area contributed by atoms with Crippen molar-refractivity contribution in [1.82, 2.24) is 10.6 Å². The van der Waals surface area contributed by atoms with Crippen LogP contribution in [0.2, 0.25) is 0 Å². The third kappa shape index (κ3) is 5.17. The van der Waals surface area contributed by atoms with Gasteiger partial charge in [-0.25, -0.2) is 0 Å². The Kier molecular flexibility index (Phi) is 4.58. The van der Waals surface area contributed by atoms with E-state index >= 15 is 0 Å². The molecule has 0 aliphatic carbocycles. The van der Waals surface area contributed by atoms with Crippen molar-refractivity contribution in [2.24, 2.45) is 5.41 Å². The first kappa shape index (κ1) is 12.5. The van der Waals surface area contributed by atoms with E-state index in [9.17, 15) is 4.79 Å². The number of carbonyl (C=O) groups excluding carboxylic acids is 1. The van der Waals surface area contributed by atoms with E-state index in [-0.39, 0.29) is 17.4 Å². The first-order chi connectivity index (χ1) is 6.99. The maximum atomic E-state index is 11.8. The molecule has 1 fully saturated rings. The lowest BCUT2D eigenvalue weighted by molar-refractivity contribution is -0.123. The second kappa shape index (κ2) is 5.50. The molecule has 0 aromatic carbocycles. The molecule has 0 bridgehead atoms. The Morgan fingerprint density at radius 3 is 2.73 bits per heavy atom. The monoisotopic (exact) mass is 212 g/mol. The second-order valence-corrected chi connectivity index (χ2v) is 5.63. The molecule has 1 rings (SSSR count). The van der Waals surface area contributed by atoms with Crippen LogP contribution in [0, 0.1) is 5.41 Å². The third-order valence-corrected chi connectivity index (χ3v) is 2.67. The van der Waals surface area contributed by atoms with Crippen LogP contribution >= 0.6 is 0 Å². The van der Waals surface area contributed by atoms with Crippen LogP contribution in [0.25, 0.3) is 0 Å². The lowest BCUT2D eigenvalue weighted by atomic mass is 9.97. The molecule has 0 aromatic rings. The highest BCUT2D eigenvalue weighted by Gasteiger charge is 2.20. The molecule has 1 aliphatic rings. The summed E-state index contributed by atoms with van der Waals surface area (Å²) < 4.78 is 0. The second-order valence-electron chi connectivity index (χ2n) is 5.63. The molecular formula is C12H24N2O. The van der Waals surface area contributed by atoms with E-state index < -0.39 is 0 Å². The molecular weight excluding hydrogens is 188 g/mol. The topological polar surface area (TPSA) is 41.1 Å². The van der Waals surface area contributed by atoms with Gasteiger partial charge in [-0.15, -0.1) is 0 Å². The van der Waals surface area contributed by atoms with Gasteiger partial charge in [0.15, 0.2) is 0 Å². The van der Waals surface area contributed by atoms with Crippen LogP contribution in [0.5, 0.6) is 0 Å². The van der Waals surface area contributed by atoms with Crippen molar-refractivity contribution in [3.05, 3.63) is 0 Å². The summed E-state index contributed by atoms with van der Waals surface area (Å²) in [6.45, 7) is 8.13. The van der Waals surface area contributed by atoms with Crippen molar-refractivity contribution < 1.29 is 4.79 Å². The minimum absolute atomic E-state index is 0.0369. The van der Waals surface area contributed by atoms with Crippen LogP contribution in [-0.4, -0.2) is 25.0 Å². The molecule has 1 heterocycles. The number of nitrogens with one attached hydrogen (secondary N) is 2. The quantitative estimate of drug-likeness (QED) is 0.731. The largest absolute Gasteiger partial charge is 0.354 e. The van der Waals surface area contributed by atoms with Gasteiger partial charge >= 0.3 is 0 Å². The average molecular weight is 212 g/mol. The van der Waals surface area contributed by atoms with E-state index in [1.54, 1.807) is 0 Å². The first-order valence-corrected chi connectivity index (χ1v) is 6.00. The molecule has 0 aromatic heterocycles. The normalized spacial score (nSPS) is 23.3. The van der Waals surface area contributed by atoms with E-state index in [0.29, 0.717) is 0 Å². The van der Waals surface area contributed by atoms with Crippen LogP contribution in [-0.2, 0) is 4.79 Å². The summed E-state index contributed by atoms with van der Waals surface area (Å²) in [5.41, 5.74) is 0.167. The van der Waals surface area contributed by atoms with Crippen LogP contribution in [0.1, 0.15) is 46.5 Å². The van der Waals surface area contributed by atoms with Crippen LogP contribution in [0.15, 0.2) is 0 Å². The van der Waals surface area contributed by atoms with Gasteiger partial charge in [0.2, 0.25) is 5.91 Å². The minimum atomic E-state index is 0.0369. The van der Waals surface area contributed by atoms with Gasteiger partial charge < -0.3 is 10.6 Å². The molecule has 2 N–H and O–H groups in total. The lowest BCUT2D eigenvalue weighted by Gasteiger charge is -2.21. The highest BCUT2D eigenvalue weighted by molar-refractivity contribution is 5.81. The van der Waals surface area contributed by atoms with E-state index in [2.05, 4.69) is 31.4 Å². The lowest BCUT2D eigenvalue weighted by Crippen LogP contribution is -2.45.